The highest BCUT2D eigenvalue weighted by molar-refractivity contribution is 6.32. The molecule has 1 N–H and O–H groups in total. The number of urea groups is 1. The summed E-state index contributed by atoms with van der Waals surface area (Å²) in [7, 11) is 0. The van der Waals surface area contributed by atoms with Crippen LogP contribution in [-0.4, -0.2) is 36.1 Å². The number of carbonyl (C=O) groups is 2. The van der Waals surface area contributed by atoms with E-state index in [1.54, 1.807) is 18.2 Å². The Morgan fingerprint density at radius 2 is 2.08 bits per heavy atom. The van der Waals surface area contributed by atoms with Gasteiger partial charge in [0.2, 0.25) is 0 Å². The summed E-state index contributed by atoms with van der Waals surface area (Å²) in [6.07, 6.45) is 3.86. The molecule has 0 radical (unpaired) electrons. The van der Waals surface area contributed by atoms with Gasteiger partial charge in [0.25, 0.3) is 5.91 Å². The first-order valence-electron chi connectivity index (χ1n) is 8.49. The van der Waals surface area contributed by atoms with Gasteiger partial charge in [-0.3, -0.25) is 9.69 Å². The topological polar surface area (TPSA) is 67.9 Å². The summed E-state index contributed by atoms with van der Waals surface area (Å²) in [5, 5.41) is 2.93. The van der Waals surface area contributed by atoms with Crippen LogP contribution in [0.15, 0.2) is 30.5 Å². The number of carbonyl (C=O) groups excluding carboxylic acids is 2. The molecule has 1 aliphatic rings. The zero-order valence-corrected chi connectivity index (χ0v) is 15.9. The first-order valence-corrected chi connectivity index (χ1v) is 8.87. The maximum Gasteiger partial charge on any atom is 0.329 e. The van der Waals surface area contributed by atoms with E-state index in [4.69, 9.17) is 21.1 Å². The molecule has 1 heterocycles. The second-order valence-electron chi connectivity index (χ2n) is 5.79. The van der Waals surface area contributed by atoms with Crippen LogP contribution in [0.4, 0.5) is 4.79 Å². The Morgan fingerprint density at radius 3 is 2.69 bits per heavy atom. The van der Waals surface area contributed by atoms with E-state index in [0.717, 1.165) is 11.3 Å². The van der Waals surface area contributed by atoms with Gasteiger partial charge in [0, 0.05) is 6.54 Å². The van der Waals surface area contributed by atoms with Gasteiger partial charge in [-0.1, -0.05) is 24.6 Å². The molecule has 0 saturated carbocycles. The molecule has 1 aliphatic heterocycles. The molecule has 26 heavy (non-hydrogen) atoms. The number of ether oxygens (including phenoxy) is 2. The van der Waals surface area contributed by atoms with Crippen molar-refractivity contribution in [3.63, 3.8) is 0 Å². The Kier molecular flexibility index (Phi) is 6.69. The number of rotatable bonds is 8. The third-order valence-electron chi connectivity index (χ3n) is 3.81. The number of benzene rings is 1. The van der Waals surface area contributed by atoms with E-state index in [2.05, 4.69) is 11.9 Å². The average molecular weight is 379 g/mol. The minimum atomic E-state index is -0.478. The molecular weight excluding hydrogens is 356 g/mol. The van der Waals surface area contributed by atoms with Crippen LogP contribution >= 0.6 is 11.6 Å². The molecule has 0 aromatic heterocycles. The molecule has 2 rings (SSSR count). The minimum absolute atomic E-state index is 0.0147. The summed E-state index contributed by atoms with van der Waals surface area (Å²) in [5.41, 5.74) is 0.796. The molecule has 0 bridgehead atoms. The summed E-state index contributed by atoms with van der Waals surface area (Å²) >= 11 is 6.37. The zero-order chi connectivity index (χ0) is 19.3. The molecule has 6 nitrogen and oxygen atoms in total. The summed E-state index contributed by atoms with van der Waals surface area (Å²) in [5.74, 6) is 0.552. The third kappa shape index (κ3) is 4.38. The average Bonchev–Trinajstić information content (AvgIpc) is 2.86. The lowest BCUT2D eigenvalue weighted by atomic mass is 10.1. The molecule has 7 heteroatoms. The van der Waals surface area contributed by atoms with E-state index < -0.39 is 11.9 Å². The normalized spacial score (nSPS) is 16.6. The lowest BCUT2D eigenvalue weighted by molar-refractivity contribution is -0.122. The first-order chi connectivity index (χ1) is 12.4. The van der Waals surface area contributed by atoms with Crippen molar-refractivity contribution in [3.8, 4) is 11.5 Å². The van der Waals surface area contributed by atoms with Crippen molar-refractivity contribution in [3.05, 3.63) is 41.1 Å². The van der Waals surface area contributed by atoms with Crippen LogP contribution in [0.2, 0.25) is 5.02 Å². The largest absolute Gasteiger partial charge is 0.490 e. The zero-order valence-electron chi connectivity index (χ0n) is 15.2. The van der Waals surface area contributed by atoms with Gasteiger partial charge in [-0.15, -0.1) is 6.58 Å². The fourth-order valence-electron chi connectivity index (χ4n) is 2.37. The van der Waals surface area contributed by atoms with Crippen LogP contribution in [0.25, 0.3) is 6.08 Å². The number of hydrogen-bond donors (Lipinski definition) is 1. The fourth-order valence-corrected chi connectivity index (χ4v) is 2.63. The first kappa shape index (κ1) is 19.8. The van der Waals surface area contributed by atoms with Gasteiger partial charge in [-0.05, 0) is 44.0 Å². The van der Waals surface area contributed by atoms with Crippen molar-refractivity contribution < 1.29 is 19.1 Å². The van der Waals surface area contributed by atoms with Crippen LogP contribution in [0.1, 0.15) is 32.8 Å². The smallest absolute Gasteiger partial charge is 0.329 e. The molecule has 0 spiro atoms. The molecule has 0 unspecified atom stereocenters. The molecular formula is C19H23ClN2O4. The van der Waals surface area contributed by atoms with Crippen molar-refractivity contribution in [2.75, 3.05) is 13.2 Å². The Bertz CT molecular complexity index is 745. The fraction of sp³-hybridized carbons (Fsp3) is 0.368. The Hall–Kier alpha value is -2.47. The van der Waals surface area contributed by atoms with Gasteiger partial charge >= 0.3 is 6.03 Å². The monoisotopic (exact) mass is 378 g/mol. The summed E-state index contributed by atoms with van der Waals surface area (Å²) < 4.78 is 11.5. The van der Waals surface area contributed by atoms with Gasteiger partial charge < -0.3 is 14.8 Å². The number of hydrogen-bond acceptors (Lipinski definition) is 4. The molecule has 1 atom stereocenters. The molecule has 1 aromatic carbocycles. The van der Waals surface area contributed by atoms with Crippen LogP contribution in [0.5, 0.6) is 11.5 Å². The third-order valence-corrected chi connectivity index (χ3v) is 4.09. The Morgan fingerprint density at radius 1 is 1.35 bits per heavy atom. The van der Waals surface area contributed by atoms with Gasteiger partial charge in [0.1, 0.15) is 5.70 Å². The van der Waals surface area contributed by atoms with Gasteiger partial charge in [0.15, 0.2) is 11.5 Å². The van der Waals surface area contributed by atoms with E-state index in [9.17, 15) is 9.59 Å². The molecule has 1 fully saturated rings. The maximum absolute atomic E-state index is 12.3. The number of nitrogens with one attached hydrogen (secondary N) is 1. The van der Waals surface area contributed by atoms with Crippen LogP contribution in [-0.2, 0) is 4.79 Å². The summed E-state index contributed by atoms with van der Waals surface area (Å²) in [6.45, 7) is 9.96. The number of halogens is 1. The van der Waals surface area contributed by atoms with E-state index in [0.29, 0.717) is 28.7 Å². The van der Waals surface area contributed by atoms with Crippen molar-refractivity contribution in [1.82, 2.24) is 10.2 Å². The molecule has 1 aromatic rings. The minimum Gasteiger partial charge on any atom is -0.490 e. The molecule has 1 saturated heterocycles. The van der Waals surface area contributed by atoms with Crippen LogP contribution in [0.3, 0.4) is 0 Å². The number of nitrogens with zero attached hydrogens (tertiary/aromatic N) is 1. The highest BCUT2D eigenvalue weighted by Crippen LogP contribution is 2.38. The predicted molar refractivity (Wildman–Crippen MR) is 101 cm³/mol. The highest BCUT2D eigenvalue weighted by atomic mass is 35.5. The van der Waals surface area contributed by atoms with Crippen molar-refractivity contribution in [2.24, 2.45) is 0 Å². The van der Waals surface area contributed by atoms with Gasteiger partial charge in [0.05, 0.1) is 17.7 Å². The summed E-state index contributed by atoms with van der Waals surface area (Å²) in [6, 6.07) is 2.93. The molecule has 140 valence electrons. The lowest BCUT2D eigenvalue weighted by Gasteiger charge is -2.18. The number of imide groups is 1. The maximum atomic E-state index is 12.3. The SMILES string of the molecule is C=CCN1C(=O)N/C(=C/c2cc(Cl)c(O[C@H](C)CC)c(OCC)c2)C1=O. The van der Waals surface area contributed by atoms with E-state index in [1.165, 1.54) is 6.08 Å². The Labute approximate surface area is 158 Å². The van der Waals surface area contributed by atoms with Crippen molar-refractivity contribution in [2.45, 2.75) is 33.3 Å². The quantitative estimate of drug-likeness (QED) is 0.422. The van der Waals surface area contributed by atoms with Crippen LogP contribution in [0, 0.1) is 0 Å². The molecule has 3 amide bonds. The standard InChI is InChI=1S/C19H23ClN2O4/c1-5-8-22-18(23)15(21-19(22)24)10-13-9-14(20)17(26-12(4)6-2)16(11-13)25-7-3/h5,9-12H,1,6-8H2,2-4H3,(H,21,24)/b15-10+/t12-/m1/s1. The van der Waals surface area contributed by atoms with E-state index in [-0.39, 0.29) is 18.3 Å². The van der Waals surface area contributed by atoms with Crippen molar-refractivity contribution in [1.29, 1.82) is 0 Å². The van der Waals surface area contributed by atoms with E-state index >= 15 is 0 Å². The van der Waals surface area contributed by atoms with Gasteiger partial charge in [-0.25, -0.2) is 4.79 Å². The lowest BCUT2D eigenvalue weighted by Crippen LogP contribution is -2.30. The van der Waals surface area contributed by atoms with Gasteiger partial charge in [-0.2, -0.15) is 0 Å². The second kappa shape index (κ2) is 8.76. The van der Waals surface area contributed by atoms with Crippen molar-refractivity contribution >= 4 is 29.6 Å². The van der Waals surface area contributed by atoms with Crippen LogP contribution < -0.4 is 14.8 Å². The highest BCUT2D eigenvalue weighted by Gasteiger charge is 2.32. The van der Waals surface area contributed by atoms with E-state index in [1.807, 2.05) is 20.8 Å². The number of amides is 3. The molecule has 0 aliphatic carbocycles. The predicted octanol–water partition coefficient (Wildman–Crippen LogP) is 3.99. The Balaban J connectivity index is 2.37. The second-order valence-corrected chi connectivity index (χ2v) is 6.20. The summed E-state index contributed by atoms with van der Waals surface area (Å²) in [4.78, 5) is 25.2.